The summed E-state index contributed by atoms with van der Waals surface area (Å²) in [5.74, 6) is 0.119. The standard InChI is InChI=1S/C12H18N4O2/c1-4-9-5-8(6-10(13-2)16-9)12(18)15-7-11(17)14-3/h5-6H,4,7H2,1-3H3,(H,13,16)(H,14,17)(H,15,18). The van der Waals surface area contributed by atoms with E-state index in [0.717, 1.165) is 12.1 Å². The molecule has 0 saturated carbocycles. The van der Waals surface area contributed by atoms with Crippen LogP contribution in [0.3, 0.4) is 0 Å². The molecule has 2 amide bonds. The third-order valence-corrected chi connectivity index (χ3v) is 2.45. The maximum Gasteiger partial charge on any atom is 0.251 e. The van der Waals surface area contributed by atoms with Gasteiger partial charge in [-0.25, -0.2) is 4.98 Å². The molecule has 6 heteroatoms. The first-order chi connectivity index (χ1) is 8.60. The highest BCUT2D eigenvalue weighted by Gasteiger charge is 2.10. The van der Waals surface area contributed by atoms with Crippen molar-refractivity contribution in [3.05, 3.63) is 23.4 Å². The van der Waals surface area contributed by atoms with E-state index in [4.69, 9.17) is 0 Å². The van der Waals surface area contributed by atoms with Gasteiger partial charge in [0.25, 0.3) is 5.91 Å². The van der Waals surface area contributed by atoms with E-state index >= 15 is 0 Å². The lowest BCUT2D eigenvalue weighted by Crippen LogP contribution is -2.35. The highest BCUT2D eigenvalue weighted by atomic mass is 16.2. The van der Waals surface area contributed by atoms with Crippen LogP contribution in [0.5, 0.6) is 0 Å². The van der Waals surface area contributed by atoms with Crippen LogP contribution in [0.2, 0.25) is 0 Å². The lowest BCUT2D eigenvalue weighted by Gasteiger charge is -2.08. The molecule has 0 aliphatic carbocycles. The Morgan fingerprint density at radius 3 is 2.56 bits per heavy atom. The van der Waals surface area contributed by atoms with Gasteiger partial charge in [-0.2, -0.15) is 0 Å². The minimum Gasteiger partial charge on any atom is -0.373 e. The van der Waals surface area contributed by atoms with Gasteiger partial charge in [0.2, 0.25) is 5.91 Å². The summed E-state index contributed by atoms with van der Waals surface area (Å²) >= 11 is 0. The summed E-state index contributed by atoms with van der Waals surface area (Å²) in [6.45, 7) is 1.93. The number of nitrogens with one attached hydrogen (secondary N) is 3. The summed E-state index contributed by atoms with van der Waals surface area (Å²) in [6.07, 6.45) is 0.741. The van der Waals surface area contributed by atoms with Gasteiger partial charge < -0.3 is 16.0 Å². The summed E-state index contributed by atoms with van der Waals surface area (Å²) in [5, 5.41) is 7.89. The van der Waals surface area contributed by atoms with Crippen molar-refractivity contribution in [1.29, 1.82) is 0 Å². The number of amides is 2. The Labute approximate surface area is 106 Å². The van der Waals surface area contributed by atoms with E-state index in [2.05, 4.69) is 20.9 Å². The number of aromatic nitrogens is 1. The zero-order chi connectivity index (χ0) is 13.5. The molecule has 0 fully saturated rings. The van der Waals surface area contributed by atoms with Gasteiger partial charge in [0, 0.05) is 25.4 Å². The van der Waals surface area contributed by atoms with Crippen molar-refractivity contribution in [3.8, 4) is 0 Å². The second-order valence-corrected chi connectivity index (χ2v) is 3.69. The topological polar surface area (TPSA) is 83.1 Å². The predicted molar refractivity (Wildman–Crippen MR) is 69.6 cm³/mol. The van der Waals surface area contributed by atoms with Crippen LogP contribution in [0.1, 0.15) is 23.0 Å². The average molecular weight is 250 g/mol. The summed E-state index contributed by atoms with van der Waals surface area (Å²) in [5.41, 5.74) is 1.32. The molecule has 1 aromatic rings. The molecule has 0 atom stereocenters. The fourth-order valence-electron chi connectivity index (χ4n) is 1.38. The minimum absolute atomic E-state index is 0.0337. The van der Waals surface area contributed by atoms with Crippen molar-refractivity contribution >= 4 is 17.6 Å². The first kappa shape index (κ1) is 14.0. The molecule has 1 heterocycles. The number of carbonyl (C=O) groups excluding carboxylic acids is 2. The normalized spacial score (nSPS) is 9.72. The van der Waals surface area contributed by atoms with E-state index in [1.54, 1.807) is 19.2 Å². The zero-order valence-corrected chi connectivity index (χ0v) is 10.8. The SMILES string of the molecule is CCc1cc(C(=O)NCC(=O)NC)cc(NC)n1. The van der Waals surface area contributed by atoms with E-state index in [-0.39, 0.29) is 18.4 Å². The summed E-state index contributed by atoms with van der Waals surface area (Å²) in [7, 11) is 3.27. The number of pyridine rings is 1. The Bertz CT molecular complexity index is 423. The van der Waals surface area contributed by atoms with Gasteiger partial charge in [-0.15, -0.1) is 0 Å². The molecule has 0 aromatic carbocycles. The van der Waals surface area contributed by atoms with Gasteiger partial charge in [0.05, 0.1) is 6.54 Å². The van der Waals surface area contributed by atoms with Crippen molar-refractivity contribution < 1.29 is 9.59 Å². The minimum atomic E-state index is -0.285. The first-order valence-corrected chi connectivity index (χ1v) is 5.78. The number of likely N-dealkylation sites (N-methyl/N-ethyl adjacent to an activating group) is 1. The predicted octanol–water partition coefficient (Wildman–Crippen LogP) is 0.162. The average Bonchev–Trinajstić information content (AvgIpc) is 2.43. The Balaban J connectivity index is 2.81. The third-order valence-electron chi connectivity index (χ3n) is 2.45. The Morgan fingerprint density at radius 1 is 1.28 bits per heavy atom. The van der Waals surface area contributed by atoms with E-state index in [1.807, 2.05) is 6.92 Å². The molecule has 0 saturated heterocycles. The van der Waals surface area contributed by atoms with Gasteiger partial charge in [-0.3, -0.25) is 9.59 Å². The van der Waals surface area contributed by atoms with Crippen LogP contribution in [0, 0.1) is 0 Å². The molecular formula is C12H18N4O2. The molecule has 98 valence electrons. The molecule has 6 nitrogen and oxygen atoms in total. The molecule has 1 rings (SSSR count). The van der Waals surface area contributed by atoms with Crippen molar-refractivity contribution in [2.45, 2.75) is 13.3 Å². The van der Waals surface area contributed by atoms with Crippen LogP contribution < -0.4 is 16.0 Å². The molecule has 1 aromatic heterocycles. The van der Waals surface area contributed by atoms with Crippen molar-refractivity contribution in [2.24, 2.45) is 0 Å². The molecule has 0 aliphatic rings. The number of nitrogens with zero attached hydrogens (tertiary/aromatic N) is 1. The quantitative estimate of drug-likeness (QED) is 0.695. The number of rotatable bonds is 5. The second-order valence-electron chi connectivity index (χ2n) is 3.69. The van der Waals surface area contributed by atoms with E-state index in [1.165, 1.54) is 7.05 Å². The first-order valence-electron chi connectivity index (χ1n) is 5.78. The maximum absolute atomic E-state index is 11.9. The summed E-state index contributed by atoms with van der Waals surface area (Å²) in [6, 6.07) is 3.37. The fourth-order valence-corrected chi connectivity index (χ4v) is 1.38. The van der Waals surface area contributed by atoms with Gasteiger partial charge in [0.15, 0.2) is 0 Å². The molecule has 3 N–H and O–H groups in total. The Kier molecular flexibility index (Phi) is 5.10. The van der Waals surface area contributed by atoms with Crippen LogP contribution in [0.25, 0.3) is 0 Å². The van der Waals surface area contributed by atoms with Gasteiger partial charge >= 0.3 is 0 Å². The number of aryl methyl sites for hydroxylation is 1. The Hall–Kier alpha value is -2.11. The van der Waals surface area contributed by atoms with Crippen molar-refractivity contribution in [3.63, 3.8) is 0 Å². The fraction of sp³-hybridized carbons (Fsp3) is 0.417. The Morgan fingerprint density at radius 2 is 2.00 bits per heavy atom. The van der Waals surface area contributed by atoms with Gasteiger partial charge in [-0.1, -0.05) is 6.92 Å². The van der Waals surface area contributed by atoms with Crippen molar-refractivity contribution in [2.75, 3.05) is 26.0 Å². The van der Waals surface area contributed by atoms with Crippen LogP contribution in [-0.4, -0.2) is 37.4 Å². The van der Waals surface area contributed by atoms with E-state index in [9.17, 15) is 9.59 Å². The van der Waals surface area contributed by atoms with Crippen LogP contribution in [-0.2, 0) is 11.2 Å². The highest BCUT2D eigenvalue weighted by Crippen LogP contribution is 2.10. The number of carbonyl (C=O) groups is 2. The summed E-state index contributed by atoms with van der Waals surface area (Å²) < 4.78 is 0. The highest BCUT2D eigenvalue weighted by molar-refractivity contribution is 5.97. The van der Waals surface area contributed by atoms with Gasteiger partial charge in [-0.05, 0) is 18.6 Å². The second kappa shape index (κ2) is 6.58. The zero-order valence-electron chi connectivity index (χ0n) is 10.8. The molecule has 0 bridgehead atoms. The number of hydrogen-bond donors (Lipinski definition) is 3. The monoisotopic (exact) mass is 250 g/mol. The smallest absolute Gasteiger partial charge is 0.251 e. The molecule has 0 radical (unpaired) electrons. The van der Waals surface area contributed by atoms with Crippen LogP contribution in [0.15, 0.2) is 12.1 Å². The van der Waals surface area contributed by atoms with E-state index in [0.29, 0.717) is 11.4 Å². The maximum atomic E-state index is 11.9. The van der Waals surface area contributed by atoms with Crippen LogP contribution >= 0.6 is 0 Å². The largest absolute Gasteiger partial charge is 0.373 e. The number of anilines is 1. The lowest BCUT2D eigenvalue weighted by molar-refractivity contribution is -0.119. The van der Waals surface area contributed by atoms with Crippen molar-refractivity contribution in [1.82, 2.24) is 15.6 Å². The van der Waals surface area contributed by atoms with Gasteiger partial charge in [0.1, 0.15) is 5.82 Å². The third kappa shape index (κ3) is 3.73. The molecule has 0 aliphatic heterocycles. The lowest BCUT2D eigenvalue weighted by atomic mass is 10.2. The molecule has 0 spiro atoms. The molecular weight excluding hydrogens is 232 g/mol. The van der Waals surface area contributed by atoms with E-state index < -0.39 is 0 Å². The summed E-state index contributed by atoms with van der Waals surface area (Å²) in [4.78, 5) is 27.2. The number of hydrogen-bond acceptors (Lipinski definition) is 4. The molecule has 18 heavy (non-hydrogen) atoms. The van der Waals surface area contributed by atoms with Crippen LogP contribution in [0.4, 0.5) is 5.82 Å². The molecule has 0 unspecified atom stereocenters.